The quantitative estimate of drug-likeness (QED) is 0.767. The Labute approximate surface area is 147 Å². The Morgan fingerprint density at radius 2 is 1.79 bits per heavy atom. The van der Waals surface area contributed by atoms with Crippen LogP contribution in [0.3, 0.4) is 0 Å². The molecule has 2 heterocycles. The molecule has 0 aromatic heterocycles. The van der Waals surface area contributed by atoms with Crippen LogP contribution in [0.25, 0.3) is 0 Å². The number of ether oxygens (including phenoxy) is 1. The van der Waals surface area contributed by atoms with E-state index in [9.17, 15) is 9.18 Å². The van der Waals surface area contributed by atoms with E-state index in [-0.39, 0.29) is 17.9 Å². The highest BCUT2D eigenvalue weighted by molar-refractivity contribution is 5.78. The molecular formula is C19H37FN2O2. The minimum Gasteiger partial charge on any atom is -0.375 e. The van der Waals surface area contributed by atoms with Gasteiger partial charge in [-0.05, 0) is 32.1 Å². The van der Waals surface area contributed by atoms with Crippen molar-refractivity contribution in [3.63, 3.8) is 0 Å². The fourth-order valence-electron chi connectivity index (χ4n) is 3.58. The highest BCUT2D eigenvalue weighted by Gasteiger charge is 2.32. The summed E-state index contributed by atoms with van der Waals surface area (Å²) in [5.74, 6) is 0.938. The minimum absolute atomic E-state index is 0.0847. The van der Waals surface area contributed by atoms with E-state index in [2.05, 4.69) is 4.90 Å². The van der Waals surface area contributed by atoms with E-state index in [0.717, 1.165) is 45.4 Å². The van der Waals surface area contributed by atoms with Gasteiger partial charge in [-0.25, -0.2) is 4.39 Å². The molecule has 0 spiro atoms. The van der Waals surface area contributed by atoms with E-state index in [0.29, 0.717) is 19.1 Å². The number of amides is 1. The number of nitrogens with zero attached hydrogens (tertiary/aromatic N) is 2. The fourth-order valence-corrected chi connectivity index (χ4v) is 3.58. The third kappa shape index (κ3) is 6.32. The molecule has 24 heavy (non-hydrogen) atoms. The number of alkyl halides is 1. The summed E-state index contributed by atoms with van der Waals surface area (Å²) >= 11 is 0. The monoisotopic (exact) mass is 344 g/mol. The maximum Gasteiger partial charge on any atom is 0.225 e. The van der Waals surface area contributed by atoms with Crippen LogP contribution in [0.1, 0.15) is 53.9 Å². The van der Waals surface area contributed by atoms with Gasteiger partial charge < -0.3 is 9.64 Å². The van der Waals surface area contributed by atoms with Gasteiger partial charge in [0.15, 0.2) is 0 Å². The zero-order valence-electron chi connectivity index (χ0n) is 16.3. The predicted molar refractivity (Wildman–Crippen MR) is 96.9 cm³/mol. The Morgan fingerprint density at radius 3 is 2.29 bits per heavy atom. The molecule has 2 aliphatic rings. The van der Waals surface area contributed by atoms with E-state index in [1.165, 1.54) is 0 Å². The lowest BCUT2D eigenvalue weighted by atomic mass is 9.94. The molecule has 1 amide bonds. The van der Waals surface area contributed by atoms with Crippen molar-refractivity contribution in [2.45, 2.75) is 66.2 Å². The third-order valence-electron chi connectivity index (χ3n) is 4.88. The first kappa shape index (κ1) is 21.4. The smallest absolute Gasteiger partial charge is 0.225 e. The molecule has 0 aliphatic carbocycles. The normalized spacial score (nSPS) is 26.2. The van der Waals surface area contributed by atoms with Crippen molar-refractivity contribution in [1.82, 2.24) is 9.80 Å². The number of hydrogen-bond donors (Lipinski definition) is 0. The van der Waals surface area contributed by atoms with Crippen LogP contribution in [0.2, 0.25) is 0 Å². The average Bonchev–Trinajstić information content (AvgIpc) is 2.59. The first-order valence-electron chi connectivity index (χ1n) is 9.78. The number of hydrogen-bond acceptors (Lipinski definition) is 3. The third-order valence-corrected chi connectivity index (χ3v) is 4.88. The molecule has 2 fully saturated rings. The van der Waals surface area contributed by atoms with Gasteiger partial charge >= 0.3 is 0 Å². The maximum atomic E-state index is 14.1. The standard InChI is InChI=1S/C17H31FN2O2.C2H6/c1-4-22-16-7-8-19(12-15(16)18)11-14-5-9-20(10-6-14)17(21)13(2)3;1-2/h13-16H,4-12H2,1-3H3;1-2H3. The van der Waals surface area contributed by atoms with Crippen LogP contribution < -0.4 is 0 Å². The molecule has 0 N–H and O–H groups in total. The number of halogens is 1. The van der Waals surface area contributed by atoms with Crippen molar-refractivity contribution >= 4 is 5.91 Å². The molecule has 4 nitrogen and oxygen atoms in total. The van der Waals surface area contributed by atoms with E-state index in [1.807, 2.05) is 39.5 Å². The molecule has 0 saturated carbocycles. The molecule has 142 valence electrons. The van der Waals surface area contributed by atoms with Crippen LogP contribution in [-0.4, -0.2) is 67.3 Å². The molecule has 2 unspecified atom stereocenters. The SMILES string of the molecule is CC.CCOC1CCN(CC2CCN(C(=O)C(C)C)CC2)CC1F. The summed E-state index contributed by atoms with van der Waals surface area (Å²) in [5, 5.41) is 0. The van der Waals surface area contributed by atoms with Gasteiger partial charge in [-0.2, -0.15) is 0 Å². The highest BCUT2D eigenvalue weighted by Crippen LogP contribution is 2.23. The molecular weight excluding hydrogens is 307 g/mol. The Hall–Kier alpha value is -0.680. The summed E-state index contributed by atoms with van der Waals surface area (Å²) in [6.07, 6.45) is 1.80. The number of rotatable bonds is 5. The van der Waals surface area contributed by atoms with Crippen LogP contribution in [0, 0.1) is 11.8 Å². The number of carbonyl (C=O) groups is 1. The Kier molecular flexibility index (Phi) is 9.82. The molecule has 2 saturated heterocycles. The Balaban J connectivity index is 0.00000139. The number of likely N-dealkylation sites (tertiary alicyclic amines) is 2. The number of piperidine rings is 2. The van der Waals surface area contributed by atoms with E-state index >= 15 is 0 Å². The first-order chi connectivity index (χ1) is 11.5. The first-order valence-corrected chi connectivity index (χ1v) is 9.78. The summed E-state index contributed by atoms with van der Waals surface area (Å²) < 4.78 is 19.5. The van der Waals surface area contributed by atoms with Gasteiger partial charge in [0, 0.05) is 45.2 Å². The van der Waals surface area contributed by atoms with Gasteiger partial charge in [-0.15, -0.1) is 0 Å². The molecule has 0 aromatic rings. The van der Waals surface area contributed by atoms with Crippen LogP contribution in [0.15, 0.2) is 0 Å². The summed E-state index contributed by atoms with van der Waals surface area (Å²) in [6, 6.07) is 0. The van der Waals surface area contributed by atoms with Crippen LogP contribution in [0.4, 0.5) is 4.39 Å². The largest absolute Gasteiger partial charge is 0.375 e. The lowest BCUT2D eigenvalue weighted by Crippen LogP contribution is -2.49. The van der Waals surface area contributed by atoms with Crippen molar-refractivity contribution in [3.8, 4) is 0 Å². The van der Waals surface area contributed by atoms with Crippen LogP contribution in [0.5, 0.6) is 0 Å². The van der Waals surface area contributed by atoms with Crippen molar-refractivity contribution in [3.05, 3.63) is 0 Å². The van der Waals surface area contributed by atoms with Crippen molar-refractivity contribution in [2.75, 3.05) is 39.3 Å². The predicted octanol–water partition coefficient (Wildman–Crippen LogP) is 3.36. The summed E-state index contributed by atoms with van der Waals surface area (Å²) in [4.78, 5) is 16.2. The summed E-state index contributed by atoms with van der Waals surface area (Å²) in [5.41, 5.74) is 0. The second kappa shape index (κ2) is 11.0. The molecule has 0 aromatic carbocycles. The second-order valence-electron chi connectivity index (χ2n) is 6.98. The van der Waals surface area contributed by atoms with Gasteiger partial charge in [-0.3, -0.25) is 9.69 Å². The lowest BCUT2D eigenvalue weighted by molar-refractivity contribution is -0.136. The molecule has 2 rings (SSSR count). The van der Waals surface area contributed by atoms with E-state index in [1.54, 1.807) is 0 Å². The van der Waals surface area contributed by atoms with Gasteiger partial charge in [0.2, 0.25) is 5.91 Å². The molecule has 0 bridgehead atoms. The Bertz CT molecular complexity index is 357. The van der Waals surface area contributed by atoms with E-state index in [4.69, 9.17) is 4.74 Å². The molecule has 2 aliphatic heterocycles. The van der Waals surface area contributed by atoms with Gasteiger partial charge in [0.25, 0.3) is 0 Å². The highest BCUT2D eigenvalue weighted by atomic mass is 19.1. The second-order valence-corrected chi connectivity index (χ2v) is 6.98. The lowest BCUT2D eigenvalue weighted by Gasteiger charge is -2.39. The van der Waals surface area contributed by atoms with E-state index < -0.39 is 6.17 Å². The molecule has 5 heteroatoms. The van der Waals surface area contributed by atoms with Gasteiger partial charge in [0.1, 0.15) is 6.17 Å². The molecule has 2 atom stereocenters. The van der Waals surface area contributed by atoms with Crippen molar-refractivity contribution < 1.29 is 13.9 Å². The minimum atomic E-state index is -0.865. The van der Waals surface area contributed by atoms with Gasteiger partial charge in [0.05, 0.1) is 6.10 Å². The zero-order valence-corrected chi connectivity index (χ0v) is 16.3. The number of carbonyl (C=O) groups excluding carboxylic acids is 1. The average molecular weight is 345 g/mol. The molecule has 0 radical (unpaired) electrons. The Morgan fingerprint density at radius 1 is 1.17 bits per heavy atom. The summed E-state index contributed by atoms with van der Waals surface area (Å²) in [6.45, 7) is 14.5. The van der Waals surface area contributed by atoms with Crippen molar-refractivity contribution in [1.29, 1.82) is 0 Å². The zero-order chi connectivity index (χ0) is 18.1. The van der Waals surface area contributed by atoms with Crippen LogP contribution in [-0.2, 0) is 9.53 Å². The van der Waals surface area contributed by atoms with Gasteiger partial charge in [-0.1, -0.05) is 27.7 Å². The summed E-state index contributed by atoms with van der Waals surface area (Å²) in [7, 11) is 0. The topological polar surface area (TPSA) is 32.8 Å². The van der Waals surface area contributed by atoms with Crippen molar-refractivity contribution in [2.24, 2.45) is 11.8 Å². The van der Waals surface area contributed by atoms with Crippen LogP contribution >= 0.6 is 0 Å². The maximum absolute atomic E-state index is 14.1. The fraction of sp³-hybridized carbons (Fsp3) is 0.947.